The average molecular weight is 246 g/mol. The smallest absolute Gasteiger partial charge is 0.0779 e. The van der Waals surface area contributed by atoms with Gasteiger partial charge in [-0.3, -0.25) is 0 Å². The Morgan fingerprint density at radius 1 is 1.06 bits per heavy atom. The molecule has 1 saturated carbocycles. The lowest BCUT2D eigenvalue weighted by atomic mass is 9.79. The van der Waals surface area contributed by atoms with Gasteiger partial charge in [-0.2, -0.15) is 0 Å². The summed E-state index contributed by atoms with van der Waals surface area (Å²) < 4.78 is 6.29. The average Bonchev–Trinajstić information content (AvgIpc) is 2.85. The van der Waals surface area contributed by atoms with E-state index >= 15 is 0 Å². The second-order valence-electron chi connectivity index (χ2n) is 7.18. The standard InChI is InChI=1S/C17H26O/c1-17(2,3)18-16-13-9-10-14(16)15(11-13)12-7-5-4-6-8-12/h9-14,16H,4-8H2,1-3H3. The lowest BCUT2D eigenvalue weighted by molar-refractivity contribution is -0.0735. The van der Waals surface area contributed by atoms with Crippen molar-refractivity contribution in [3.05, 3.63) is 23.8 Å². The molecule has 1 heteroatoms. The molecular weight excluding hydrogens is 220 g/mol. The molecule has 0 saturated heterocycles. The highest BCUT2D eigenvalue weighted by Gasteiger charge is 2.43. The number of rotatable bonds is 2. The van der Waals surface area contributed by atoms with Crippen molar-refractivity contribution in [3.63, 3.8) is 0 Å². The molecule has 0 aliphatic heterocycles. The van der Waals surface area contributed by atoms with Gasteiger partial charge in [0.25, 0.3) is 0 Å². The van der Waals surface area contributed by atoms with Gasteiger partial charge in [0.05, 0.1) is 11.7 Å². The third-order valence-electron chi connectivity index (χ3n) is 4.61. The fourth-order valence-electron chi connectivity index (χ4n) is 3.90. The van der Waals surface area contributed by atoms with Crippen molar-refractivity contribution in [3.8, 4) is 0 Å². The van der Waals surface area contributed by atoms with Crippen LogP contribution in [0.15, 0.2) is 23.8 Å². The van der Waals surface area contributed by atoms with Gasteiger partial charge < -0.3 is 4.74 Å². The molecule has 100 valence electrons. The van der Waals surface area contributed by atoms with E-state index in [9.17, 15) is 0 Å². The van der Waals surface area contributed by atoms with E-state index in [-0.39, 0.29) is 5.60 Å². The molecule has 0 radical (unpaired) electrons. The van der Waals surface area contributed by atoms with E-state index in [0.29, 0.717) is 17.9 Å². The Morgan fingerprint density at radius 3 is 2.44 bits per heavy atom. The Balaban J connectivity index is 1.71. The SMILES string of the molecule is CC(C)(C)OC1C2C=CC1C(C1CCCCC1)=C2. The first-order valence-corrected chi connectivity index (χ1v) is 7.62. The summed E-state index contributed by atoms with van der Waals surface area (Å²) >= 11 is 0. The first-order chi connectivity index (χ1) is 8.54. The topological polar surface area (TPSA) is 9.23 Å². The monoisotopic (exact) mass is 246 g/mol. The summed E-state index contributed by atoms with van der Waals surface area (Å²) in [5.74, 6) is 1.98. The van der Waals surface area contributed by atoms with E-state index in [1.54, 1.807) is 5.57 Å². The van der Waals surface area contributed by atoms with Gasteiger partial charge in [0.15, 0.2) is 0 Å². The first-order valence-electron chi connectivity index (χ1n) is 7.62. The molecule has 1 fully saturated rings. The zero-order chi connectivity index (χ0) is 12.8. The van der Waals surface area contributed by atoms with Gasteiger partial charge >= 0.3 is 0 Å². The molecule has 0 N–H and O–H groups in total. The largest absolute Gasteiger partial charge is 0.371 e. The summed E-state index contributed by atoms with van der Waals surface area (Å²) in [6, 6.07) is 0. The predicted molar refractivity (Wildman–Crippen MR) is 75.4 cm³/mol. The minimum Gasteiger partial charge on any atom is -0.371 e. The lowest BCUT2D eigenvalue weighted by Gasteiger charge is -2.31. The molecule has 0 aromatic carbocycles. The van der Waals surface area contributed by atoms with Crippen molar-refractivity contribution in [1.29, 1.82) is 0 Å². The number of hydrogen-bond acceptors (Lipinski definition) is 1. The summed E-state index contributed by atoms with van der Waals surface area (Å²) in [5, 5.41) is 0. The summed E-state index contributed by atoms with van der Waals surface area (Å²) in [6.45, 7) is 6.52. The molecule has 2 bridgehead atoms. The first kappa shape index (κ1) is 12.5. The number of ether oxygens (including phenoxy) is 1. The second kappa shape index (κ2) is 4.52. The van der Waals surface area contributed by atoms with Gasteiger partial charge in [-0.15, -0.1) is 0 Å². The molecule has 3 aliphatic carbocycles. The fourth-order valence-corrected chi connectivity index (χ4v) is 3.90. The van der Waals surface area contributed by atoms with E-state index in [2.05, 4.69) is 39.0 Å². The van der Waals surface area contributed by atoms with Crippen LogP contribution < -0.4 is 0 Å². The van der Waals surface area contributed by atoms with Crippen LogP contribution >= 0.6 is 0 Å². The highest BCUT2D eigenvalue weighted by molar-refractivity contribution is 5.35. The minimum atomic E-state index is -0.0248. The van der Waals surface area contributed by atoms with Crippen LogP contribution in [0.2, 0.25) is 0 Å². The van der Waals surface area contributed by atoms with Crippen LogP contribution in [0.5, 0.6) is 0 Å². The lowest BCUT2D eigenvalue weighted by Crippen LogP contribution is -2.32. The Bertz CT molecular complexity index is 366. The molecule has 3 rings (SSSR count). The molecule has 18 heavy (non-hydrogen) atoms. The molecule has 3 atom stereocenters. The highest BCUT2D eigenvalue weighted by atomic mass is 16.5. The van der Waals surface area contributed by atoms with Crippen molar-refractivity contribution >= 4 is 0 Å². The number of hydrogen-bond donors (Lipinski definition) is 0. The Labute approximate surface area is 111 Å². The van der Waals surface area contributed by atoms with Gasteiger partial charge in [-0.1, -0.05) is 43.1 Å². The van der Waals surface area contributed by atoms with Crippen LogP contribution in [0, 0.1) is 17.8 Å². The molecule has 0 aromatic heterocycles. The summed E-state index contributed by atoms with van der Waals surface area (Å²) in [4.78, 5) is 0. The molecule has 3 unspecified atom stereocenters. The van der Waals surface area contributed by atoms with Crippen molar-refractivity contribution < 1.29 is 4.74 Å². The summed E-state index contributed by atoms with van der Waals surface area (Å²) in [6.07, 6.45) is 14.8. The maximum Gasteiger partial charge on any atom is 0.0779 e. The van der Waals surface area contributed by atoms with Crippen molar-refractivity contribution in [2.75, 3.05) is 0 Å². The zero-order valence-electron chi connectivity index (χ0n) is 12.0. The maximum atomic E-state index is 6.29. The molecule has 0 spiro atoms. The van der Waals surface area contributed by atoms with Crippen LogP contribution in [-0.2, 0) is 4.74 Å². The third-order valence-corrected chi connectivity index (χ3v) is 4.61. The second-order valence-corrected chi connectivity index (χ2v) is 7.18. The molecular formula is C17H26O. The fraction of sp³-hybridized carbons (Fsp3) is 0.765. The molecule has 1 nitrogen and oxygen atoms in total. The molecule has 3 aliphatic rings. The van der Waals surface area contributed by atoms with Crippen molar-refractivity contribution in [1.82, 2.24) is 0 Å². The molecule has 0 amide bonds. The quantitative estimate of drug-likeness (QED) is 0.652. The highest BCUT2D eigenvalue weighted by Crippen LogP contribution is 2.47. The normalized spacial score (nSPS) is 36.2. The van der Waals surface area contributed by atoms with Crippen molar-refractivity contribution in [2.24, 2.45) is 17.8 Å². The van der Waals surface area contributed by atoms with Gasteiger partial charge in [0.1, 0.15) is 0 Å². The van der Waals surface area contributed by atoms with Crippen LogP contribution in [0.4, 0.5) is 0 Å². The van der Waals surface area contributed by atoms with Crippen LogP contribution in [-0.4, -0.2) is 11.7 Å². The predicted octanol–water partition coefficient (Wildman–Crippen LogP) is 4.49. The van der Waals surface area contributed by atoms with Gasteiger partial charge in [0.2, 0.25) is 0 Å². The van der Waals surface area contributed by atoms with Gasteiger partial charge in [-0.25, -0.2) is 0 Å². The van der Waals surface area contributed by atoms with E-state index < -0.39 is 0 Å². The summed E-state index contributed by atoms with van der Waals surface area (Å²) in [5.41, 5.74) is 1.68. The maximum absolute atomic E-state index is 6.29. The van der Waals surface area contributed by atoms with Crippen LogP contribution in [0.3, 0.4) is 0 Å². The van der Waals surface area contributed by atoms with E-state index in [1.807, 2.05) is 0 Å². The van der Waals surface area contributed by atoms with E-state index in [0.717, 1.165) is 5.92 Å². The van der Waals surface area contributed by atoms with E-state index in [4.69, 9.17) is 4.74 Å². The van der Waals surface area contributed by atoms with Gasteiger partial charge in [-0.05, 0) is 39.5 Å². The van der Waals surface area contributed by atoms with Crippen molar-refractivity contribution in [2.45, 2.75) is 64.6 Å². The Hall–Kier alpha value is -0.560. The third kappa shape index (κ3) is 2.30. The Morgan fingerprint density at radius 2 is 1.78 bits per heavy atom. The minimum absolute atomic E-state index is 0.0248. The van der Waals surface area contributed by atoms with Crippen LogP contribution in [0.25, 0.3) is 0 Å². The van der Waals surface area contributed by atoms with Crippen LogP contribution in [0.1, 0.15) is 52.9 Å². The zero-order valence-corrected chi connectivity index (χ0v) is 12.0. The summed E-state index contributed by atoms with van der Waals surface area (Å²) in [7, 11) is 0. The van der Waals surface area contributed by atoms with Gasteiger partial charge in [0, 0.05) is 11.8 Å². The molecule has 0 heterocycles. The number of fused-ring (bicyclic) bond motifs is 2. The molecule has 0 aromatic rings. The van der Waals surface area contributed by atoms with E-state index in [1.165, 1.54) is 32.1 Å². The Kier molecular flexibility index (Phi) is 3.13.